The molecule has 0 bridgehead atoms. The van der Waals surface area contributed by atoms with E-state index in [0.717, 1.165) is 40.6 Å². The summed E-state index contributed by atoms with van der Waals surface area (Å²) in [5, 5.41) is 12.2. The van der Waals surface area contributed by atoms with Crippen molar-refractivity contribution in [2.45, 2.75) is 56.7 Å². The van der Waals surface area contributed by atoms with E-state index in [0.29, 0.717) is 19.4 Å². The molecule has 2 saturated carbocycles. The molecular weight excluding hydrogens is 538 g/mol. The molecule has 0 radical (unpaired) electrons. The summed E-state index contributed by atoms with van der Waals surface area (Å²) in [4.78, 5) is 14.4. The van der Waals surface area contributed by atoms with E-state index >= 15 is 0 Å². The second-order valence-corrected chi connectivity index (χ2v) is 12.6. The van der Waals surface area contributed by atoms with Crippen LogP contribution in [-0.2, 0) is 9.53 Å². The lowest BCUT2D eigenvalue weighted by molar-refractivity contribution is -0.115. The second kappa shape index (κ2) is 9.52. The third-order valence-corrected chi connectivity index (χ3v) is 10.1. The van der Waals surface area contributed by atoms with Crippen LogP contribution in [0.15, 0.2) is 75.8 Å². The van der Waals surface area contributed by atoms with Crippen LogP contribution in [0.25, 0.3) is 0 Å². The molecule has 3 aliphatic carbocycles. The SMILES string of the molecule is CN(C)c1ccc([C@H]2C[C@@]3(C)[C@@H](CC[C@@]3(O)C#Cc3ccccc3Br)[C@@H]3OCC4=CC(=O)CCC4=C32)cc1. The van der Waals surface area contributed by atoms with Gasteiger partial charge in [0.25, 0.3) is 0 Å². The number of carbonyl (C=O) groups is 1. The Morgan fingerprint density at radius 1 is 1.11 bits per heavy atom. The van der Waals surface area contributed by atoms with Gasteiger partial charge < -0.3 is 14.7 Å². The lowest BCUT2D eigenvalue weighted by atomic mass is 9.55. The number of ether oxygens (including phenoxy) is 1. The zero-order valence-corrected chi connectivity index (χ0v) is 23.8. The molecule has 196 valence electrons. The lowest BCUT2D eigenvalue weighted by Gasteiger charge is -2.53. The zero-order chi connectivity index (χ0) is 26.7. The largest absolute Gasteiger partial charge is 0.378 e. The standard InChI is InChI=1S/C33H34BrNO3/c1-32-19-27(21-8-10-24(11-9-21)35(2)3)30-26-13-12-25(36)18-23(26)20-38-31(30)28(32)15-17-33(32,37)16-14-22-6-4-5-7-29(22)34/h4-11,18,27-28,31,37H,12-13,15,17,19-20H2,1-3H3/t27-,28+,31+,32+,33+/m1/s1. The fourth-order valence-corrected chi connectivity index (χ4v) is 7.64. The van der Waals surface area contributed by atoms with Gasteiger partial charge >= 0.3 is 0 Å². The Kier molecular flexibility index (Phi) is 6.42. The first-order valence-corrected chi connectivity index (χ1v) is 14.4. The van der Waals surface area contributed by atoms with Gasteiger partial charge in [-0.25, -0.2) is 0 Å². The predicted octanol–water partition coefficient (Wildman–Crippen LogP) is 6.19. The molecule has 1 aliphatic heterocycles. The highest BCUT2D eigenvalue weighted by Crippen LogP contribution is 2.64. The third kappa shape index (κ3) is 4.09. The zero-order valence-electron chi connectivity index (χ0n) is 22.3. The molecular formula is C33H34BrNO3. The van der Waals surface area contributed by atoms with Gasteiger partial charge in [-0.2, -0.15) is 0 Å². The summed E-state index contributed by atoms with van der Waals surface area (Å²) < 4.78 is 7.55. The molecule has 0 saturated heterocycles. The molecule has 4 aliphatic rings. The van der Waals surface area contributed by atoms with Crippen LogP contribution in [0, 0.1) is 23.2 Å². The van der Waals surface area contributed by atoms with E-state index in [1.54, 1.807) is 6.08 Å². The third-order valence-electron chi connectivity index (χ3n) is 9.46. The number of nitrogens with zero attached hydrogens (tertiary/aromatic N) is 1. The molecule has 4 nitrogen and oxygen atoms in total. The number of halogens is 1. The summed E-state index contributed by atoms with van der Waals surface area (Å²) in [6.07, 6.45) is 5.35. The first-order valence-electron chi connectivity index (χ1n) is 13.6. The quantitative estimate of drug-likeness (QED) is 0.437. The number of hydrogen-bond donors (Lipinski definition) is 1. The fourth-order valence-electron chi connectivity index (χ4n) is 7.26. The molecule has 0 spiro atoms. The highest BCUT2D eigenvalue weighted by Gasteiger charge is 2.63. The van der Waals surface area contributed by atoms with Crippen molar-refractivity contribution in [3.8, 4) is 11.8 Å². The van der Waals surface area contributed by atoms with E-state index in [9.17, 15) is 9.90 Å². The highest BCUT2D eigenvalue weighted by atomic mass is 79.9. The minimum absolute atomic E-state index is 0.0769. The van der Waals surface area contributed by atoms with Crippen molar-refractivity contribution in [3.63, 3.8) is 0 Å². The van der Waals surface area contributed by atoms with Gasteiger partial charge in [0.1, 0.15) is 5.60 Å². The van der Waals surface area contributed by atoms with Gasteiger partial charge in [-0.05, 0) is 100 Å². The molecule has 2 fully saturated rings. The number of hydrogen-bond acceptors (Lipinski definition) is 4. The highest BCUT2D eigenvalue weighted by molar-refractivity contribution is 9.10. The van der Waals surface area contributed by atoms with Gasteiger partial charge in [0.05, 0.1) is 12.7 Å². The monoisotopic (exact) mass is 571 g/mol. The Labute approximate surface area is 233 Å². The molecule has 0 unspecified atom stereocenters. The summed E-state index contributed by atoms with van der Waals surface area (Å²) in [5.41, 5.74) is 5.42. The van der Waals surface area contributed by atoms with E-state index in [1.165, 1.54) is 16.7 Å². The number of benzene rings is 2. The fraction of sp³-hybridized carbons (Fsp3) is 0.424. The summed E-state index contributed by atoms with van der Waals surface area (Å²) >= 11 is 3.60. The van der Waals surface area contributed by atoms with Crippen molar-refractivity contribution in [1.82, 2.24) is 0 Å². The molecule has 5 atom stereocenters. The van der Waals surface area contributed by atoms with E-state index in [1.807, 2.05) is 24.3 Å². The average Bonchev–Trinajstić information content (AvgIpc) is 3.17. The number of aliphatic hydroxyl groups is 1. The van der Waals surface area contributed by atoms with Crippen LogP contribution in [0.4, 0.5) is 5.69 Å². The van der Waals surface area contributed by atoms with Gasteiger partial charge in [0, 0.05) is 47.6 Å². The van der Waals surface area contributed by atoms with Crippen molar-refractivity contribution < 1.29 is 14.6 Å². The molecule has 0 aromatic heterocycles. The summed E-state index contributed by atoms with van der Waals surface area (Å²) in [6, 6.07) is 16.7. The van der Waals surface area contributed by atoms with Gasteiger partial charge in [-0.1, -0.05) is 43.0 Å². The van der Waals surface area contributed by atoms with E-state index in [2.05, 4.69) is 78.0 Å². The molecule has 5 heteroatoms. The number of carbonyl (C=O) groups excluding carboxylic acids is 1. The maximum atomic E-state index is 12.3. The first kappa shape index (κ1) is 25.6. The minimum atomic E-state index is -1.12. The maximum absolute atomic E-state index is 12.3. The van der Waals surface area contributed by atoms with Crippen LogP contribution in [0.3, 0.4) is 0 Å². The summed E-state index contributed by atoms with van der Waals surface area (Å²) in [7, 11) is 4.10. The minimum Gasteiger partial charge on any atom is -0.378 e. The summed E-state index contributed by atoms with van der Waals surface area (Å²) in [6.45, 7) is 2.69. The van der Waals surface area contributed by atoms with E-state index in [4.69, 9.17) is 4.74 Å². The number of rotatable bonds is 2. The molecule has 2 aromatic rings. The Hall–Kier alpha value is -2.65. The average molecular weight is 573 g/mol. The van der Waals surface area contributed by atoms with Gasteiger partial charge in [0.2, 0.25) is 0 Å². The van der Waals surface area contributed by atoms with E-state index in [-0.39, 0.29) is 23.7 Å². The van der Waals surface area contributed by atoms with Crippen molar-refractivity contribution >= 4 is 27.4 Å². The normalized spacial score (nSPS) is 32.0. The Bertz CT molecular complexity index is 1410. The Morgan fingerprint density at radius 2 is 1.87 bits per heavy atom. The van der Waals surface area contributed by atoms with Crippen molar-refractivity contribution in [2.75, 3.05) is 25.6 Å². The first-order chi connectivity index (χ1) is 18.2. The van der Waals surface area contributed by atoms with Crippen LogP contribution in [0.2, 0.25) is 0 Å². The number of ketones is 1. The van der Waals surface area contributed by atoms with Crippen molar-refractivity contribution in [1.29, 1.82) is 0 Å². The second-order valence-electron chi connectivity index (χ2n) is 11.7. The number of anilines is 1. The number of allylic oxidation sites excluding steroid dienone is 1. The molecule has 1 heterocycles. The van der Waals surface area contributed by atoms with Crippen LogP contribution in [0.1, 0.15) is 56.1 Å². The molecule has 2 aromatic carbocycles. The molecule has 0 amide bonds. The lowest BCUT2D eigenvalue weighted by Crippen LogP contribution is -2.53. The van der Waals surface area contributed by atoms with Crippen molar-refractivity contribution in [3.05, 3.63) is 86.9 Å². The smallest absolute Gasteiger partial charge is 0.156 e. The van der Waals surface area contributed by atoms with Crippen LogP contribution in [-0.4, -0.2) is 43.3 Å². The van der Waals surface area contributed by atoms with Crippen LogP contribution in [0.5, 0.6) is 0 Å². The summed E-state index contributed by atoms with van der Waals surface area (Å²) in [5.74, 6) is 7.10. The topological polar surface area (TPSA) is 49.8 Å². The van der Waals surface area contributed by atoms with E-state index < -0.39 is 11.0 Å². The Morgan fingerprint density at radius 3 is 2.61 bits per heavy atom. The van der Waals surface area contributed by atoms with Crippen LogP contribution < -0.4 is 4.90 Å². The molecule has 1 N–H and O–H groups in total. The molecule has 6 rings (SSSR count). The Balaban J connectivity index is 1.47. The number of fused-ring (bicyclic) bond motifs is 4. The van der Waals surface area contributed by atoms with Crippen LogP contribution >= 0.6 is 15.9 Å². The van der Waals surface area contributed by atoms with Crippen molar-refractivity contribution in [2.24, 2.45) is 11.3 Å². The van der Waals surface area contributed by atoms with Gasteiger partial charge in [0.15, 0.2) is 5.78 Å². The van der Waals surface area contributed by atoms with Gasteiger partial charge in [-0.15, -0.1) is 0 Å². The molecule has 38 heavy (non-hydrogen) atoms. The van der Waals surface area contributed by atoms with Gasteiger partial charge in [-0.3, -0.25) is 4.79 Å². The predicted molar refractivity (Wildman–Crippen MR) is 154 cm³/mol. The maximum Gasteiger partial charge on any atom is 0.156 e.